The fourth-order valence-electron chi connectivity index (χ4n) is 3.34. The van der Waals surface area contributed by atoms with E-state index in [1.807, 2.05) is 0 Å². The Hall–Kier alpha value is -1.75. The molecular weight excluding hydrogens is 300 g/mol. The first kappa shape index (κ1) is 17.1. The van der Waals surface area contributed by atoms with Gasteiger partial charge in [0.1, 0.15) is 0 Å². The number of piperidine rings is 1. The van der Waals surface area contributed by atoms with Crippen molar-refractivity contribution in [3.63, 3.8) is 0 Å². The molecule has 1 aromatic rings. The Morgan fingerprint density at radius 1 is 1.17 bits per heavy atom. The highest BCUT2D eigenvalue weighted by Gasteiger charge is 2.25. The number of benzene rings is 1. The number of amides is 2. The monoisotopic (exact) mass is 330 g/mol. The molecule has 132 valence electrons. The van der Waals surface area contributed by atoms with E-state index in [4.69, 9.17) is 0 Å². The number of hydrogen-bond acceptors (Lipinski definition) is 3. The van der Waals surface area contributed by atoms with Crippen molar-refractivity contribution in [2.45, 2.75) is 44.2 Å². The second kappa shape index (κ2) is 7.88. The molecule has 2 aliphatic rings. The van der Waals surface area contributed by atoms with Gasteiger partial charge in [0.2, 0.25) is 0 Å². The maximum Gasteiger partial charge on any atom is 0.315 e. The molecule has 0 radical (unpaired) electrons. The van der Waals surface area contributed by atoms with Gasteiger partial charge in [-0.3, -0.25) is 4.90 Å². The summed E-state index contributed by atoms with van der Waals surface area (Å²) in [6.07, 6.45) is 6.06. The van der Waals surface area contributed by atoms with Crippen molar-refractivity contribution in [2.75, 3.05) is 38.6 Å². The summed E-state index contributed by atoms with van der Waals surface area (Å²) in [5.74, 6) is 0. The molecule has 2 fully saturated rings. The van der Waals surface area contributed by atoms with Crippen molar-refractivity contribution >= 4 is 11.7 Å². The normalized spacial score (nSPS) is 19.6. The molecule has 1 unspecified atom stereocenters. The van der Waals surface area contributed by atoms with E-state index in [1.54, 1.807) is 0 Å². The quantitative estimate of drug-likeness (QED) is 0.843. The molecule has 0 spiro atoms. The Morgan fingerprint density at radius 2 is 1.83 bits per heavy atom. The maximum atomic E-state index is 12.0. The SMILES string of the molecule is CN(C)c1ccc(C(CNC(=O)NC2CC2)N2CCCCC2)cc1. The van der Waals surface area contributed by atoms with Crippen LogP contribution in [0.15, 0.2) is 24.3 Å². The van der Waals surface area contributed by atoms with Gasteiger partial charge in [0.05, 0.1) is 6.04 Å². The third-order valence-electron chi connectivity index (χ3n) is 4.99. The van der Waals surface area contributed by atoms with Gasteiger partial charge in [-0.1, -0.05) is 18.6 Å². The van der Waals surface area contributed by atoms with Crippen LogP contribution >= 0.6 is 0 Å². The van der Waals surface area contributed by atoms with E-state index < -0.39 is 0 Å². The molecule has 0 bridgehead atoms. The topological polar surface area (TPSA) is 47.6 Å². The van der Waals surface area contributed by atoms with Gasteiger partial charge in [-0.15, -0.1) is 0 Å². The van der Waals surface area contributed by atoms with Gasteiger partial charge in [0, 0.05) is 32.4 Å². The Morgan fingerprint density at radius 3 is 2.42 bits per heavy atom. The summed E-state index contributed by atoms with van der Waals surface area (Å²) in [5, 5.41) is 6.10. The molecule has 1 heterocycles. The van der Waals surface area contributed by atoms with E-state index in [2.05, 4.69) is 58.8 Å². The van der Waals surface area contributed by atoms with Crippen molar-refractivity contribution in [3.8, 4) is 0 Å². The highest BCUT2D eigenvalue weighted by Crippen LogP contribution is 2.26. The Bertz CT molecular complexity index is 533. The van der Waals surface area contributed by atoms with Gasteiger partial charge >= 0.3 is 6.03 Å². The largest absolute Gasteiger partial charge is 0.378 e. The summed E-state index contributed by atoms with van der Waals surface area (Å²) >= 11 is 0. The van der Waals surface area contributed by atoms with Crippen LogP contribution in [0.25, 0.3) is 0 Å². The standard InChI is InChI=1S/C19H30N4O/c1-22(2)17-10-6-15(7-11-17)18(23-12-4-3-5-13-23)14-20-19(24)21-16-8-9-16/h6-7,10-11,16,18H,3-5,8-9,12-14H2,1-2H3,(H2,20,21,24). The minimum Gasteiger partial charge on any atom is -0.378 e. The molecule has 1 aromatic carbocycles. The lowest BCUT2D eigenvalue weighted by molar-refractivity contribution is 0.160. The first-order chi connectivity index (χ1) is 11.6. The molecule has 0 aromatic heterocycles. The number of hydrogen-bond donors (Lipinski definition) is 2. The van der Waals surface area contributed by atoms with Crippen LogP contribution in [0.1, 0.15) is 43.7 Å². The van der Waals surface area contributed by atoms with Gasteiger partial charge in [-0.25, -0.2) is 4.79 Å². The zero-order chi connectivity index (χ0) is 16.9. The predicted molar refractivity (Wildman–Crippen MR) is 98.5 cm³/mol. The van der Waals surface area contributed by atoms with E-state index in [0.29, 0.717) is 12.6 Å². The molecule has 24 heavy (non-hydrogen) atoms. The summed E-state index contributed by atoms with van der Waals surface area (Å²) in [6, 6.07) is 9.37. The van der Waals surface area contributed by atoms with Crippen LogP contribution < -0.4 is 15.5 Å². The highest BCUT2D eigenvalue weighted by molar-refractivity contribution is 5.74. The zero-order valence-electron chi connectivity index (χ0n) is 14.9. The lowest BCUT2D eigenvalue weighted by Gasteiger charge is -2.35. The molecule has 1 saturated heterocycles. The minimum absolute atomic E-state index is 0.0237. The summed E-state index contributed by atoms with van der Waals surface area (Å²) in [6.45, 7) is 2.90. The summed E-state index contributed by atoms with van der Waals surface area (Å²) < 4.78 is 0. The number of nitrogens with one attached hydrogen (secondary N) is 2. The Labute approximate surface area is 145 Å². The third kappa shape index (κ3) is 4.63. The van der Waals surface area contributed by atoms with E-state index in [-0.39, 0.29) is 12.1 Å². The number of carbonyl (C=O) groups is 1. The number of rotatable bonds is 6. The van der Waals surface area contributed by atoms with Gasteiger partial charge in [-0.2, -0.15) is 0 Å². The Kier molecular flexibility index (Phi) is 5.61. The van der Waals surface area contributed by atoms with Crippen LogP contribution in [0.4, 0.5) is 10.5 Å². The Balaban J connectivity index is 1.66. The highest BCUT2D eigenvalue weighted by atomic mass is 16.2. The average Bonchev–Trinajstić information content (AvgIpc) is 3.40. The van der Waals surface area contributed by atoms with Crippen LogP contribution in [0.5, 0.6) is 0 Å². The maximum absolute atomic E-state index is 12.0. The van der Waals surface area contributed by atoms with Crippen molar-refractivity contribution in [1.82, 2.24) is 15.5 Å². The van der Waals surface area contributed by atoms with Crippen molar-refractivity contribution in [1.29, 1.82) is 0 Å². The van der Waals surface area contributed by atoms with Crippen molar-refractivity contribution in [3.05, 3.63) is 29.8 Å². The molecule has 3 rings (SSSR count). The molecule has 5 heteroatoms. The molecule has 1 aliphatic carbocycles. The minimum atomic E-state index is -0.0237. The van der Waals surface area contributed by atoms with Gasteiger partial charge in [-0.05, 0) is 56.5 Å². The summed E-state index contributed by atoms with van der Waals surface area (Å²) in [4.78, 5) is 16.6. The summed E-state index contributed by atoms with van der Waals surface area (Å²) in [5.41, 5.74) is 2.49. The first-order valence-corrected chi connectivity index (χ1v) is 9.19. The second-order valence-electron chi connectivity index (χ2n) is 7.23. The van der Waals surface area contributed by atoms with E-state index >= 15 is 0 Å². The van der Waals surface area contributed by atoms with Crippen molar-refractivity contribution < 1.29 is 4.79 Å². The zero-order valence-corrected chi connectivity index (χ0v) is 14.9. The smallest absolute Gasteiger partial charge is 0.315 e. The fourth-order valence-corrected chi connectivity index (χ4v) is 3.34. The van der Waals surface area contributed by atoms with E-state index in [0.717, 1.165) is 25.9 Å². The summed E-state index contributed by atoms with van der Waals surface area (Å²) in [7, 11) is 4.11. The van der Waals surface area contributed by atoms with E-state index in [1.165, 1.54) is 30.5 Å². The fraction of sp³-hybridized carbons (Fsp3) is 0.632. The molecular formula is C19H30N4O. The predicted octanol–water partition coefficient (Wildman–Crippen LogP) is 2.74. The first-order valence-electron chi connectivity index (χ1n) is 9.19. The molecule has 2 N–H and O–H groups in total. The van der Waals surface area contributed by atoms with E-state index in [9.17, 15) is 4.79 Å². The molecule has 1 saturated carbocycles. The third-order valence-corrected chi connectivity index (χ3v) is 4.99. The lowest BCUT2D eigenvalue weighted by Crippen LogP contribution is -2.44. The number of carbonyl (C=O) groups excluding carboxylic acids is 1. The molecule has 1 aliphatic heterocycles. The number of anilines is 1. The van der Waals surface area contributed by atoms with Crippen LogP contribution in [0, 0.1) is 0 Å². The van der Waals surface area contributed by atoms with Crippen LogP contribution in [-0.4, -0.2) is 50.7 Å². The van der Waals surface area contributed by atoms with Crippen LogP contribution in [-0.2, 0) is 0 Å². The van der Waals surface area contributed by atoms with Crippen molar-refractivity contribution in [2.24, 2.45) is 0 Å². The number of likely N-dealkylation sites (tertiary alicyclic amines) is 1. The number of urea groups is 1. The second-order valence-corrected chi connectivity index (χ2v) is 7.23. The van der Waals surface area contributed by atoms with Gasteiger partial charge in [0.15, 0.2) is 0 Å². The molecule has 5 nitrogen and oxygen atoms in total. The lowest BCUT2D eigenvalue weighted by atomic mass is 10.0. The van der Waals surface area contributed by atoms with Crippen LogP contribution in [0.2, 0.25) is 0 Å². The van der Waals surface area contributed by atoms with Crippen LogP contribution in [0.3, 0.4) is 0 Å². The number of nitrogens with zero attached hydrogens (tertiary/aromatic N) is 2. The average molecular weight is 330 g/mol. The van der Waals surface area contributed by atoms with Gasteiger partial charge < -0.3 is 15.5 Å². The molecule has 1 atom stereocenters. The molecule has 2 amide bonds. The van der Waals surface area contributed by atoms with Gasteiger partial charge in [0.25, 0.3) is 0 Å².